The van der Waals surface area contributed by atoms with Crippen LogP contribution in [0.1, 0.15) is 48.8 Å². The maximum Gasteiger partial charge on any atom is 0.433 e. The average molecular weight is 636 g/mol. The van der Waals surface area contributed by atoms with Crippen molar-refractivity contribution in [3.05, 3.63) is 68.0 Å². The van der Waals surface area contributed by atoms with Gasteiger partial charge in [-0.2, -0.15) is 23.4 Å². The number of nitrogens with zero attached hydrogens (tertiary/aromatic N) is 5. The summed E-state index contributed by atoms with van der Waals surface area (Å²) in [5.74, 6) is -1.30. The fourth-order valence-electron chi connectivity index (χ4n) is 4.25. The molecule has 5 rings (SSSR count). The van der Waals surface area contributed by atoms with Gasteiger partial charge in [0.05, 0.1) is 34.3 Å². The van der Waals surface area contributed by atoms with E-state index in [1.54, 1.807) is 24.7 Å². The number of hydrogen-bond acceptors (Lipinski definition) is 7. The van der Waals surface area contributed by atoms with Crippen LogP contribution >= 0.6 is 27.3 Å². The smallest absolute Gasteiger partial charge is 0.433 e. The maximum atomic E-state index is 13.8. The highest BCUT2D eigenvalue weighted by molar-refractivity contribution is 9.10. The minimum atomic E-state index is -4.76. The highest BCUT2D eigenvalue weighted by atomic mass is 79.9. The molecule has 0 radical (unpaired) electrons. The highest BCUT2D eigenvalue weighted by Gasteiger charge is 2.35. The summed E-state index contributed by atoms with van der Waals surface area (Å²) in [6, 6.07) is 3.94. The Morgan fingerprint density at radius 1 is 1.18 bits per heavy atom. The third-order valence-electron chi connectivity index (χ3n) is 6.42. The van der Waals surface area contributed by atoms with Gasteiger partial charge in [0, 0.05) is 23.7 Å². The van der Waals surface area contributed by atoms with Gasteiger partial charge in [0.25, 0.3) is 11.8 Å². The number of pyridine rings is 1. The van der Waals surface area contributed by atoms with Crippen molar-refractivity contribution in [3.63, 3.8) is 0 Å². The number of halogens is 4. The molecule has 10 nitrogen and oxygen atoms in total. The summed E-state index contributed by atoms with van der Waals surface area (Å²) < 4.78 is 51.1. The number of aryl methyl sites for hydroxylation is 2. The fourth-order valence-corrected chi connectivity index (χ4v) is 5.54. The number of furan rings is 1. The van der Waals surface area contributed by atoms with E-state index in [9.17, 15) is 22.8 Å². The third kappa shape index (κ3) is 4.79. The molecule has 0 fully saturated rings. The Labute approximate surface area is 237 Å². The highest BCUT2D eigenvalue weighted by Crippen LogP contribution is 2.44. The van der Waals surface area contributed by atoms with Crippen LogP contribution in [0.5, 0.6) is 0 Å². The number of primary amides is 1. The van der Waals surface area contributed by atoms with E-state index in [0.717, 1.165) is 21.9 Å². The molecule has 0 atom stereocenters. The second kappa shape index (κ2) is 9.89. The van der Waals surface area contributed by atoms with Crippen LogP contribution in [0, 0.1) is 20.8 Å². The molecule has 0 saturated carbocycles. The van der Waals surface area contributed by atoms with Crippen molar-refractivity contribution >= 4 is 55.0 Å². The number of nitrogens with two attached hydrogens (primary N) is 1. The molecule has 0 saturated heterocycles. The van der Waals surface area contributed by atoms with E-state index in [1.165, 1.54) is 16.9 Å². The van der Waals surface area contributed by atoms with Gasteiger partial charge in [-0.05, 0) is 60.5 Å². The number of hydrogen-bond donors (Lipinski definition) is 2. The molecule has 5 aromatic heterocycles. The molecule has 0 aliphatic rings. The predicted octanol–water partition coefficient (Wildman–Crippen LogP) is 5.59. The van der Waals surface area contributed by atoms with Gasteiger partial charge in [-0.15, -0.1) is 11.3 Å². The molecule has 3 N–H and O–H groups in total. The molecule has 0 unspecified atom stereocenters. The maximum absolute atomic E-state index is 13.8. The van der Waals surface area contributed by atoms with Crippen LogP contribution in [-0.4, -0.2) is 36.4 Å². The van der Waals surface area contributed by atoms with E-state index < -0.39 is 23.7 Å². The lowest BCUT2D eigenvalue weighted by molar-refractivity contribution is -0.140. The number of amides is 2. The zero-order valence-electron chi connectivity index (χ0n) is 21.5. The predicted molar refractivity (Wildman–Crippen MR) is 145 cm³/mol. The average Bonchev–Trinajstić information content (AvgIpc) is 3.63. The second-order valence-corrected chi connectivity index (χ2v) is 10.8. The number of carbonyl (C=O) groups excluding carboxylic acids is 2. The van der Waals surface area contributed by atoms with Gasteiger partial charge in [0.1, 0.15) is 21.2 Å². The first-order chi connectivity index (χ1) is 18.8. The molecule has 0 aliphatic heterocycles. The molecule has 15 heteroatoms. The van der Waals surface area contributed by atoms with E-state index in [2.05, 4.69) is 36.4 Å². The molecule has 5 heterocycles. The van der Waals surface area contributed by atoms with E-state index in [-0.39, 0.29) is 38.6 Å². The molecule has 2 amide bonds. The van der Waals surface area contributed by atoms with Crippen LogP contribution in [0.3, 0.4) is 0 Å². The minimum Gasteiger partial charge on any atom is -0.454 e. The van der Waals surface area contributed by atoms with Crippen LogP contribution in [0.25, 0.3) is 21.3 Å². The van der Waals surface area contributed by atoms with Gasteiger partial charge in [-0.1, -0.05) is 0 Å². The summed E-state index contributed by atoms with van der Waals surface area (Å²) in [5, 5.41) is 11.3. The minimum absolute atomic E-state index is 0.0580. The number of nitrogens with one attached hydrogen (secondary N) is 1. The molecule has 0 aromatic carbocycles. The second-order valence-electron chi connectivity index (χ2n) is 9.03. The molecule has 0 spiro atoms. The number of rotatable bonds is 6. The lowest BCUT2D eigenvalue weighted by atomic mass is 10.0. The molecule has 208 valence electrons. The van der Waals surface area contributed by atoms with Crippen LogP contribution in [0.2, 0.25) is 0 Å². The number of alkyl halides is 3. The topological polar surface area (TPSA) is 134 Å². The van der Waals surface area contributed by atoms with Gasteiger partial charge in [-0.25, -0.2) is 4.98 Å². The van der Waals surface area contributed by atoms with Gasteiger partial charge in [0.15, 0.2) is 5.76 Å². The molecule has 0 aliphatic carbocycles. The Bertz CT molecular complexity index is 1820. The summed E-state index contributed by atoms with van der Waals surface area (Å²) in [7, 11) is 1.65. The monoisotopic (exact) mass is 635 g/mol. The summed E-state index contributed by atoms with van der Waals surface area (Å²) in [4.78, 5) is 29.1. The van der Waals surface area contributed by atoms with Crippen LogP contribution in [0.15, 0.2) is 33.3 Å². The van der Waals surface area contributed by atoms with Gasteiger partial charge in [0.2, 0.25) is 0 Å². The zero-order chi connectivity index (χ0) is 29.1. The quantitative estimate of drug-likeness (QED) is 0.250. The third-order valence-corrected chi connectivity index (χ3v) is 8.67. The van der Waals surface area contributed by atoms with Gasteiger partial charge in [-0.3, -0.25) is 19.0 Å². The molecular formula is C25H21BrF3N7O3S. The molecule has 40 heavy (non-hydrogen) atoms. The van der Waals surface area contributed by atoms with Crippen LogP contribution in [0.4, 0.5) is 18.9 Å². The van der Waals surface area contributed by atoms with Gasteiger partial charge < -0.3 is 15.5 Å². The SMILES string of the molecule is Cc1nn(Cc2ccc(C(=O)Nc3c(C(N)=O)sc4nc(C(F)(F)F)cc(-c5cnn(C)c5C)c34)o2)c(C)c1Br. The lowest BCUT2D eigenvalue weighted by Crippen LogP contribution is -2.16. The molecular weight excluding hydrogens is 615 g/mol. The van der Waals surface area contributed by atoms with Gasteiger partial charge >= 0.3 is 6.18 Å². The Morgan fingerprint density at radius 3 is 2.48 bits per heavy atom. The normalized spacial score (nSPS) is 11.9. The van der Waals surface area contributed by atoms with Crippen molar-refractivity contribution in [3.8, 4) is 11.1 Å². The number of anilines is 1. The first-order valence-electron chi connectivity index (χ1n) is 11.7. The van der Waals surface area contributed by atoms with Crippen molar-refractivity contribution in [2.45, 2.75) is 33.5 Å². The van der Waals surface area contributed by atoms with Crippen LogP contribution < -0.4 is 11.1 Å². The van der Waals surface area contributed by atoms with Crippen molar-refractivity contribution in [1.29, 1.82) is 0 Å². The first-order valence-corrected chi connectivity index (χ1v) is 13.3. The molecule has 5 aromatic rings. The summed E-state index contributed by atoms with van der Waals surface area (Å²) in [6.45, 7) is 5.68. The van der Waals surface area contributed by atoms with E-state index >= 15 is 0 Å². The van der Waals surface area contributed by atoms with E-state index in [1.807, 2.05) is 13.8 Å². The number of aromatic nitrogens is 5. The number of fused-ring (bicyclic) bond motifs is 1. The lowest BCUT2D eigenvalue weighted by Gasteiger charge is -2.12. The van der Waals surface area contributed by atoms with Crippen LogP contribution in [-0.2, 0) is 19.8 Å². The summed E-state index contributed by atoms with van der Waals surface area (Å²) >= 11 is 4.13. The Kier molecular flexibility index (Phi) is 6.82. The van der Waals surface area contributed by atoms with E-state index in [4.69, 9.17) is 10.2 Å². The largest absolute Gasteiger partial charge is 0.454 e. The number of carbonyl (C=O) groups is 2. The Hall–Kier alpha value is -3.98. The zero-order valence-corrected chi connectivity index (χ0v) is 23.9. The molecule has 0 bridgehead atoms. The van der Waals surface area contributed by atoms with Crippen molar-refractivity contribution in [1.82, 2.24) is 24.5 Å². The van der Waals surface area contributed by atoms with Crippen molar-refractivity contribution in [2.24, 2.45) is 12.8 Å². The number of thiophene rings is 1. The fraction of sp³-hybridized carbons (Fsp3) is 0.240. The van der Waals surface area contributed by atoms with Crippen molar-refractivity contribution in [2.75, 3.05) is 5.32 Å². The first kappa shape index (κ1) is 27.6. The Morgan fingerprint density at radius 2 is 1.90 bits per heavy atom. The Balaban J connectivity index is 1.59. The summed E-state index contributed by atoms with van der Waals surface area (Å²) in [5.41, 5.74) is 7.07. The van der Waals surface area contributed by atoms with Crippen molar-refractivity contribution < 1.29 is 27.2 Å². The van der Waals surface area contributed by atoms with E-state index in [0.29, 0.717) is 28.4 Å². The standard InChI is InChI=1S/C25H21BrF3N7O3S/c1-10-19(26)12(3)36(34-10)9-13-5-6-16(39-13)23(38)33-20-18-14(15-8-31-35(4)11(15)2)7-17(25(27,28)29)32-24(18)40-21(20)22(30)37/h5-8H,9H2,1-4H3,(H2,30,37)(H,33,38). The summed E-state index contributed by atoms with van der Waals surface area (Å²) in [6.07, 6.45) is -3.35.